The van der Waals surface area contributed by atoms with E-state index in [2.05, 4.69) is 5.32 Å². The summed E-state index contributed by atoms with van der Waals surface area (Å²) in [7, 11) is 0. The molecule has 1 aromatic heterocycles. The van der Waals surface area contributed by atoms with E-state index in [9.17, 15) is 9.59 Å². The summed E-state index contributed by atoms with van der Waals surface area (Å²) in [5.41, 5.74) is 6.43. The van der Waals surface area contributed by atoms with Crippen molar-refractivity contribution in [2.24, 2.45) is 5.73 Å². The summed E-state index contributed by atoms with van der Waals surface area (Å²) in [5.74, 6) is -0.649. The molecule has 1 heterocycles. The van der Waals surface area contributed by atoms with Crippen molar-refractivity contribution in [1.82, 2.24) is 0 Å². The van der Waals surface area contributed by atoms with Gasteiger partial charge in [-0.05, 0) is 42.5 Å². The zero-order valence-electron chi connectivity index (χ0n) is 12.8. The highest BCUT2D eigenvalue weighted by atomic mass is 35.5. The molecular formula is C18H12Cl2N2O3. The summed E-state index contributed by atoms with van der Waals surface area (Å²) in [5, 5.41) is 3.52. The molecule has 0 bridgehead atoms. The smallest absolute Gasteiger partial charge is 0.291 e. The topological polar surface area (TPSA) is 85.3 Å². The number of para-hydroxylation sites is 1. The van der Waals surface area contributed by atoms with Crippen LogP contribution >= 0.6 is 23.2 Å². The summed E-state index contributed by atoms with van der Waals surface area (Å²) in [4.78, 5) is 23.8. The first-order valence-electron chi connectivity index (χ1n) is 7.21. The molecule has 0 atom stereocenters. The van der Waals surface area contributed by atoms with E-state index < -0.39 is 11.8 Å². The first-order valence-corrected chi connectivity index (χ1v) is 7.97. The summed E-state index contributed by atoms with van der Waals surface area (Å²) < 4.78 is 5.57. The van der Waals surface area contributed by atoms with Crippen LogP contribution in [-0.4, -0.2) is 11.8 Å². The van der Waals surface area contributed by atoms with E-state index in [1.54, 1.807) is 42.5 Å². The normalized spacial score (nSPS) is 10.5. The van der Waals surface area contributed by atoms with Crippen LogP contribution in [0.2, 0.25) is 10.0 Å². The fourth-order valence-corrected chi connectivity index (χ4v) is 2.79. The maximum Gasteiger partial charge on any atom is 0.291 e. The van der Waals surface area contributed by atoms with E-state index in [0.29, 0.717) is 27.1 Å². The number of nitrogens with one attached hydrogen (secondary N) is 1. The molecule has 7 heteroatoms. The van der Waals surface area contributed by atoms with Crippen molar-refractivity contribution in [2.75, 3.05) is 5.32 Å². The van der Waals surface area contributed by atoms with Gasteiger partial charge < -0.3 is 15.5 Å². The maximum absolute atomic E-state index is 12.4. The zero-order valence-corrected chi connectivity index (χ0v) is 14.3. The Morgan fingerprint density at radius 3 is 2.48 bits per heavy atom. The molecule has 0 saturated heterocycles. The predicted molar refractivity (Wildman–Crippen MR) is 97.1 cm³/mol. The molecule has 0 fully saturated rings. The number of hydrogen-bond donors (Lipinski definition) is 2. The Kier molecular flexibility index (Phi) is 4.79. The van der Waals surface area contributed by atoms with Crippen LogP contribution in [0.5, 0.6) is 0 Å². The predicted octanol–water partition coefficient (Wildman–Crippen LogP) is 4.60. The number of primary amides is 1. The second-order valence-corrected chi connectivity index (χ2v) is 6.00. The lowest BCUT2D eigenvalue weighted by Gasteiger charge is -2.07. The molecule has 0 aliphatic rings. The van der Waals surface area contributed by atoms with E-state index in [1.165, 1.54) is 12.1 Å². The minimum Gasteiger partial charge on any atom is -0.451 e. The lowest BCUT2D eigenvalue weighted by Crippen LogP contribution is -2.17. The van der Waals surface area contributed by atoms with Gasteiger partial charge in [-0.2, -0.15) is 0 Å². The Labute approximate surface area is 153 Å². The molecule has 3 aromatic rings. The maximum atomic E-state index is 12.4. The lowest BCUT2D eigenvalue weighted by molar-refractivity contribution is 0.0997. The highest BCUT2D eigenvalue weighted by molar-refractivity contribution is 6.36. The number of rotatable bonds is 4. The molecule has 0 saturated carbocycles. The van der Waals surface area contributed by atoms with Crippen LogP contribution in [0.15, 0.2) is 59.0 Å². The van der Waals surface area contributed by atoms with Crippen LogP contribution in [0.3, 0.4) is 0 Å². The molecule has 0 aliphatic heterocycles. The molecule has 3 N–H and O–H groups in total. The van der Waals surface area contributed by atoms with Gasteiger partial charge in [0.2, 0.25) is 0 Å². The fourth-order valence-electron chi connectivity index (χ4n) is 2.28. The van der Waals surface area contributed by atoms with E-state index in [-0.39, 0.29) is 11.3 Å². The van der Waals surface area contributed by atoms with E-state index in [4.69, 9.17) is 33.4 Å². The van der Waals surface area contributed by atoms with E-state index >= 15 is 0 Å². The zero-order chi connectivity index (χ0) is 18.0. The van der Waals surface area contributed by atoms with Gasteiger partial charge >= 0.3 is 0 Å². The monoisotopic (exact) mass is 374 g/mol. The molecule has 0 unspecified atom stereocenters. The Bertz CT molecular complexity index is 966. The quantitative estimate of drug-likeness (QED) is 0.699. The molecular weight excluding hydrogens is 363 g/mol. The number of furan rings is 1. The third-order valence-corrected chi connectivity index (χ3v) is 4.01. The van der Waals surface area contributed by atoms with Gasteiger partial charge in [-0.15, -0.1) is 0 Å². The highest BCUT2D eigenvalue weighted by Gasteiger charge is 2.16. The largest absolute Gasteiger partial charge is 0.451 e. The van der Waals surface area contributed by atoms with Crippen molar-refractivity contribution in [3.8, 4) is 11.3 Å². The van der Waals surface area contributed by atoms with Gasteiger partial charge in [-0.3, -0.25) is 9.59 Å². The van der Waals surface area contributed by atoms with Gasteiger partial charge in [-0.1, -0.05) is 35.3 Å². The number of halogens is 2. The fraction of sp³-hybridized carbons (Fsp3) is 0. The summed E-state index contributed by atoms with van der Waals surface area (Å²) in [6.45, 7) is 0. The second kappa shape index (κ2) is 7.01. The van der Waals surface area contributed by atoms with Crippen molar-refractivity contribution in [3.05, 3.63) is 76.0 Å². The number of benzene rings is 2. The number of carbonyl (C=O) groups is 2. The van der Waals surface area contributed by atoms with Crippen LogP contribution < -0.4 is 11.1 Å². The Morgan fingerprint density at radius 2 is 1.76 bits per heavy atom. The minimum absolute atomic E-state index is 0.0697. The van der Waals surface area contributed by atoms with Crippen molar-refractivity contribution < 1.29 is 14.0 Å². The Morgan fingerprint density at radius 1 is 1.00 bits per heavy atom. The summed E-state index contributed by atoms with van der Waals surface area (Å²) in [6, 6.07) is 14.6. The van der Waals surface area contributed by atoms with Crippen LogP contribution in [0, 0.1) is 0 Å². The van der Waals surface area contributed by atoms with E-state index in [0.717, 1.165) is 0 Å². The number of carbonyl (C=O) groups excluding carboxylic acids is 2. The van der Waals surface area contributed by atoms with Crippen LogP contribution in [0.4, 0.5) is 5.69 Å². The average Bonchev–Trinajstić information content (AvgIpc) is 3.05. The van der Waals surface area contributed by atoms with Crippen LogP contribution in [0.25, 0.3) is 11.3 Å². The Balaban J connectivity index is 1.85. The standard InChI is InChI=1S/C18H12Cl2N2O3/c19-10-5-6-11(13(20)9-10)15-7-8-16(25-15)18(24)22-14-4-2-1-3-12(14)17(21)23/h1-9H,(H2,21,23)(H,22,24). The molecule has 0 aliphatic carbocycles. The SMILES string of the molecule is NC(=O)c1ccccc1NC(=O)c1ccc(-c2ccc(Cl)cc2Cl)o1. The van der Waals surface area contributed by atoms with Crippen molar-refractivity contribution in [3.63, 3.8) is 0 Å². The Hall–Kier alpha value is -2.76. The first-order chi connectivity index (χ1) is 12.0. The van der Waals surface area contributed by atoms with Gasteiger partial charge in [0.1, 0.15) is 5.76 Å². The van der Waals surface area contributed by atoms with Crippen LogP contribution in [0.1, 0.15) is 20.9 Å². The molecule has 3 rings (SSSR count). The summed E-state index contributed by atoms with van der Waals surface area (Å²) >= 11 is 12.0. The third kappa shape index (κ3) is 3.68. The molecule has 0 spiro atoms. The van der Waals surface area contributed by atoms with E-state index in [1.807, 2.05) is 0 Å². The summed E-state index contributed by atoms with van der Waals surface area (Å²) in [6.07, 6.45) is 0. The molecule has 0 radical (unpaired) electrons. The lowest BCUT2D eigenvalue weighted by atomic mass is 10.1. The molecule has 126 valence electrons. The highest BCUT2D eigenvalue weighted by Crippen LogP contribution is 2.31. The van der Waals surface area contributed by atoms with Crippen molar-refractivity contribution >= 4 is 40.7 Å². The van der Waals surface area contributed by atoms with Gasteiger partial charge in [0.25, 0.3) is 11.8 Å². The van der Waals surface area contributed by atoms with Crippen molar-refractivity contribution in [2.45, 2.75) is 0 Å². The van der Waals surface area contributed by atoms with Gasteiger partial charge in [0.15, 0.2) is 5.76 Å². The number of hydrogen-bond acceptors (Lipinski definition) is 3. The first kappa shape index (κ1) is 17.1. The van der Waals surface area contributed by atoms with Crippen LogP contribution in [-0.2, 0) is 0 Å². The minimum atomic E-state index is -0.635. The molecule has 25 heavy (non-hydrogen) atoms. The van der Waals surface area contributed by atoms with Gasteiger partial charge in [-0.25, -0.2) is 0 Å². The third-order valence-electron chi connectivity index (χ3n) is 3.47. The number of anilines is 1. The van der Waals surface area contributed by atoms with Gasteiger partial charge in [0, 0.05) is 10.6 Å². The molecule has 2 aromatic carbocycles. The molecule has 5 nitrogen and oxygen atoms in total. The van der Waals surface area contributed by atoms with Crippen molar-refractivity contribution in [1.29, 1.82) is 0 Å². The average molecular weight is 375 g/mol. The molecule has 2 amide bonds. The number of amides is 2. The second-order valence-electron chi connectivity index (χ2n) is 5.15. The number of nitrogens with two attached hydrogens (primary N) is 1. The van der Waals surface area contributed by atoms with Gasteiger partial charge in [0.05, 0.1) is 16.3 Å².